The van der Waals surface area contributed by atoms with E-state index in [-0.39, 0.29) is 11.5 Å². The number of carbonyl (C=O) groups excluding carboxylic acids is 2. The highest BCUT2D eigenvalue weighted by molar-refractivity contribution is 5.97. The normalized spacial score (nSPS) is 11.0. The average molecular weight is 434 g/mol. The summed E-state index contributed by atoms with van der Waals surface area (Å²) in [6.07, 6.45) is 2.14. The highest BCUT2D eigenvalue weighted by atomic mass is 16.5. The van der Waals surface area contributed by atoms with Crippen molar-refractivity contribution in [1.82, 2.24) is 15.7 Å². The fourth-order valence-electron chi connectivity index (χ4n) is 3.94. The Hall–Kier alpha value is -3.22. The van der Waals surface area contributed by atoms with E-state index in [1.54, 1.807) is 17.6 Å². The first-order valence-electron chi connectivity index (χ1n) is 11.1. The Morgan fingerprint density at radius 1 is 0.812 bits per heavy atom. The third-order valence-corrected chi connectivity index (χ3v) is 5.87. The van der Waals surface area contributed by atoms with Gasteiger partial charge < -0.3 is 10.2 Å². The maximum atomic E-state index is 12.6. The fraction of sp³-hybridized carbons (Fsp3) is 0.308. The number of fused-ring (bicyclic) bond motifs is 1. The van der Waals surface area contributed by atoms with E-state index >= 15 is 0 Å². The summed E-state index contributed by atoms with van der Waals surface area (Å²) in [6, 6.07) is 18.8. The number of carbonyl (C=O) groups is 2. The van der Waals surface area contributed by atoms with Crippen LogP contribution < -0.4 is 10.8 Å². The zero-order valence-corrected chi connectivity index (χ0v) is 18.7. The van der Waals surface area contributed by atoms with Crippen LogP contribution in [0.4, 0.5) is 0 Å². The largest absolute Gasteiger partial charge is 0.348 e. The topological polar surface area (TPSA) is 81.7 Å². The first kappa shape index (κ1) is 23.4. The Kier molecular flexibility index (Phi) is 8.36. The third kappa shape index (κ3) is 5.72. The molecule has 6 heteroatoms. The standard InChI is InChI=1S/C26H31N3O3/c1-3-29(4-2)17-7-8-19-11-16-22(24-10-6-5-9-23(19)24)18-27-25(30)20-12-14-21(15-13-20)26(31)28-32/h5-6,9-16,32H,3-4,7-8,17-18H2,1-2H3,(H,27,30)(H,28,31). The van der Waals surface area contributed by atoms with Gasteiger partial charge in [0.05, 0.1) is 0 Å². The van der Waals surface area contributed by atoms with Gasteiger partial charge in [0.2, 0.25) is 0 Å². The van der Waals surface area contributed by atoms with E-state index < -0.39 is 5.91 Å². The molecule has 0 radical (unpaired) electrons. The van der Waals surface area contributed by atoms with E-state index in [9.17, 15) is 9.59 Å². The van der Waals surface area contributed by atoms with Gasteiger partial charge in [0.25, 0.3) is 11.8 Å². The van der Waals surface area contributed by atoms with Gasteiger partial charge in [-0.3, -0.25) is 14.8 Å². The molecule has 0 atom stereocenters. The highest BCUT2D eigenvalue weighted by Crippen LogP contribution is 2.24. The Morgan fingerprint density at radius 2 is 1.38 bits per heavy atom. The van der Waals surface area contributed by atoms with E-state index in [0.29, 0.717) is 12.1 Å². The molecule has 0 fully saturated rings. The molecule has 3 N–H and O–H groups in total. The van der Waals surface area contributed by atoms with Gasteiger partial charge in [-0.05, 0) is 78.6 Å². The molecule has 0 aliphatic rings. The van der Waals surface area contributed by atoms with Gasteiger partial charge in [0.1, 0.15) is 0 Å². The summed E-state index contributed by atoms with van der Waals surface area (Å²) in [6.45, 7) is 8.06. The summed E-state index contributed by atoms with van der Waals surface area (Å²) in [5.74, 6) is -0.825. The number of hydrogen-bond acceptors (Lipinski definition) is 4. The number of benzene rings is 3. The van der Waals surface area contributed by atoms with E-state index in [0.717, 1.165) is 43.4 Å². The minimum Gasteiger partial charge on any atom is -0.348 e. The third-order valence-electron chi connectivity index (χ3n) is 5.87. The molecule has 0 heterocycles. The van der Waals surface area contributed by atoms with Crippen molar-refractivity contribution in [2.45, 2.75) is 33.2 Å². The van der Waals surface area contributed by atoms with Gasteiger partial charge in [0, 0.05) is 17.7 Å². The first-order chi connectivity index (χ1) is 15.6. The number of aryl methyl sites for hydroxylation is 1. The minimum atomic E-state index is -0.611. The number of nitrogens with zero attached hydrogens (tertiary/aromatic N) is 1. The smallest absolute Gasteiger partial charge is 0.274 e. The maximum Gasteiger partial charge on any atom is 0.274 e. The molecule has 3 aromatic rings. The molecular formula is C26H31N3O3. The van der Waals surface area contributed by atoms with Crippen molar-refractivity contribution < 1.29 is 14.8 Å². The second-order valence-corrected chi connectivity index (χ2v) is 7.76. The monoisotopic (exact) mass is 433 g/mol. The molecule has 0 aliphatic carbocycles. The number of nitrogens with one attached hydrogen (secondary N) is 2. The fourth-order valence-corrected chi connectivity index (χ4v) is 3.94. The van der Waals surface area contributed by atoms with E-state index in [1.807, 2.05) is 6.07 Å². The van der Waals surface area contributed by atoms with Crippen molar-refractivity contribution in [1.29, 1.82) is 0 Å². The number of amides is 2. The van der Waals surface area contributed by atoms with Gasteiger partial charge >= 0.3 is 0 Å². The lowest BCUT2D eigenvalue weighted by atomic mass is 9.96. The van der Waals surface area contributed by atoms with Crippen molar-refractivity contribution in [2.75, 3.05) is 19.6 Å². The predicted molar refractivity (Wildman–Crippen MR) is 127 cm³/mol. The molecule has 3 aromatic carbocycles. The highest BCUT2D eigenvalue weighted by Gasteiger charge is 2.11. The lowest BCUT2D eigenvalue weighted by Gasteiger charge is -2.18. The second-order valence-electron chi connectivity index (χ2n) is 7.76. The number of hydroxylamine groups is 1. The van der Waals surface area contributed by atoms with Crippen molar-refractivity contribution in [2.24, 2.45) is 0 Å². The second kappa shape index (κ2) is 11.4. The van der Waals surface area contributed by atoms with Gasteiger partial charge in [0.15, 0.2) is 0 Å². The average Bonchev–Trinajstić information content (AvgIpc) is 2.85. The van der Waals surface area contributed by atoms with Crippen LogP contribution in [0.1, 0.15) is 52.1 Å². The molecular weight excluding hydrogens is 402 g/mol. The van der Waals surface area contributed by atoms with Crippen LogP contribution >= 0.6 is 0 Å². The maximum absolute atomic E-state index is 12.6. The number of hydrogen-bond donors (Lipinski definition) is 3. The Bertz CT molecular complexity index is 1060. The van der Waals surface area contributed by atoms with Crippen LogP contribution in [0.5, 0.6) is 0 Å². The van der Waals surface area contributed by atoms with E-state index in [1.165, 1.54) is 23.1 Å². The first-order valence-corrected chi connectivity index (χ1v) is 11.1. The van der Waals surface area contributed by atoms with Gasteiger partial charge in [-0.1, -0.05) is 50.2 Å². The SMILES string of the molecule is CCN(CC)CCCc1ccc(CNC(=O)c2ccc(C(=O)NO)cc2)c2ccccc12. The van der Waals surface area contributed by atoms with Crippen molar-refractivity contribution in [3.05, 3.63) is 82.9 Å². The van der Waals surface area contributed by atoms with Crippen LogP contribution in [-0.2, 0) is 13.0 Å². The predicted octanol–water partition coefficient (Wildman–Crippen LogP) is 4.16. The lowest BCUT2D eigenvalue weighted by molar-refractivity contribution is 0.0706. The molecule has 0 unspecified atom stereocenters. The molecule has 2 amide bonds. The van der Waals surface area contributed by atoms with Gasteiger partial charge in [-0.2, -0.15) is 0 Å². The minimum absolute atomic E-state index is 0.215. The van der Waals surface area contributed by atoms with Crippen LogP contribution in [-0.4, -0.2) is 41.6 Å². The van der Waals surface area contributed by atoms with Crippen LogP contribution in [0.3, 0.4) is 0 Å². The van der Waals surface area contributed by atoms with Gasteiger partial charge in [-0.15, -0.1) is 0 Å². The quantitative estimate of drug-likeness (QED) is 0.331. The molecule has 3 rings (SSSR count). The van der Waals surface area contributed by atoms with Crippen molar-refractivity contribution >= 4 is 22.6 Å². The molecule has 0 saturated heterocycles. The van der Waals surface area contributed by atoms with E-state index in [2.05, 4.69) is 54.4 Å². The number of rotatable bonds is 10. The van der Waals surface area contributed by atoms with Crippen LogP contribution in [0, 0.1) is 0 Å². The van der Waals surface area contributed by atoms with Crippen LogP contribution in [0.25, 0.3) is 10.8 Å². The molecule has 0 saturated carbocycles. The summed E-state index contributed by atoms with van der Waals surface area (Å²) >= 11 is 0. The lowest BCUT2D eigenvalue weighted by Crippen LogP contribution is -2.24. The van der Waals surface area contributed by atoms with E-state index in [4.69, 9.17) is 5.21 Å². The molecule has 0 spiro atoms. The summed E-state index contributed by atoms with van der Waals surface area (Å²) < 4.78 is 0. The molecule has 168 valence electrons. The Morgan fingerprint density at radius 3 is 1.97 bits per heavy atom. The summed E-state index contributed by atoms with van der Waals surface area (Å²) in [5, 5.41) is 14.1. The Balaban J connectivity index is 1.68. The van der Waals surface area contributed by atoms with Crippen LogP contribution in [0.15, 0.2) is 60.7 Å². The van der Waals surface area contributed by atoms with Crippen molar-refractivity contribution in [3.8, 4) is 0 Å². The zero-order chi connectivity index (χ0) is 22.9. The molecule has 0 aliphatic heterocycles. The summed E-state index contributed by atoms with van der Waals surface area (Å²) in [7, 11) is 0. The Labute approximate surface area is 189 Å². The van der Waals surface area contributed by atoms with Crippen LogP contribution in [0.2, 0.25) is 0 Å². The zero-order valence-electron chi connectivity index (χ0n) is 18.7. The van der Waals surface area contributed by atoms with Crippen molar-refractivity contribution in [3.63, 3.8) is 0 Å². The van der Waals surface area contributed by atoms with Gasteiger partial charge in [-0.25, -0.2) is 5.48 Å². The summed E-state index contributed by atoms with van der Waals surface area (Å²) in [4.78, 5) is 26.4. The molecule has 6 nitrogen and oxygen atoms in total. The summed E-state index contributed by atoms with van der Waals surface area (Å²) in [5.41, 5.74) is 4.72. The molecule has 32 heavy (non-hydrogen) atoms. The molecule has 0 bridgehead atoms. The molecule has 0 aromatic heterocycles.